The second kappa shape index (κ2) is 7.15. The first-order chi connectivity index (χ1) is 11.8. The van der Waals surface area contributed by atoms with Crippen molar-refractivity contribution in [1.29, 1.82) is 0 Å². The van der Waals surface area contributed by atoms with Crippen molar-refractivity contribution in [2.75, 3.05) is 49.3 Å². The fourth-order valence-corrected chi connectivity index (χ4v) is 3.80. The number of nitrogens with zero attached hydrogens (tertiary/aromatic N) is 3. The lowest BCUT2D eigenvalue weighted by Crippen LogP contribution is -2.51. The third-order valence-electron chi connectivity index (χ3n) is 4.32. The highest BCUT2D eigenvalue weighted by atomic mass is 32.2. The van der Waals surface area contributed by atoms with E-state index in [1.165, 1.54) is 22.7 Å². The van der Waals surface area contributed by atoms with Crippen LogP contribution in [0.4, 0.5) is 18.9 Å². The highest BCUT2D eigenvalue weighted by molar-refractivity contribution is 8.00. The monoisotopic (exact) mass is 373 g/mol. The summed E-state index contributed by atoms with van der Waals surface area (Å²) in [7, 11) is 0. The van der Waals surface area contributed by atoms with Crippen molar-refractivity contribution in [3.05, 3.63) is 29.8 Å². The minimum atomic E-state index is -4.37. The first-order valence-corrected chi connectivity index (χ1v) is 9.05. The molecule has 0 saturated carbocycles. The molecule has 1 aromatic carbocycles. The molecule has 0 N–H and O–H groups in total. The summed E-state index contributed by atoms with van der Waals surface area (Å²) in [6.07, 6.45) is -4.37. The Morgan fingerprint density at radius 3 is 2.48 bits per heavy atom. The predicted molar refractivity (Wildman–Crippen MR) is 89.3 cm³/mol. The molecule has 2 amide bonds. The van der Waals surface area contributed by atoms with Gasteiger partial charge >= 0.3 is 6.18 Å². The number of alkyl halides is 3. The summed E-state index contributed by atoms with van der Waals surface area (Å²) >= 11 is 1.49. The number of thioether (sulfide) groups is 1. The van der Waals surface area contributed by atoms with Crippen molar-refractivity contribution in [1.82, 2.24) is 9.80 Å². The second-order valence-corrected chi connectivity index (χ2v) is 6.94. The Hall–Kier alpha value is -1.90. The standard InChI is InChI=1S/C16H18F3N3O2S/c17-16(18,19)12-2-1-3-13(8-12)20-4-6-21(7-5-20)14(23)9-22-11-25-10-15(22)24/h1-3,8H,4-7,9-11H2. The fourth-order valence-electron chi connectivity index (χ4n) is 2.90. The van der Waals surface area contributed by atoms with Gasteiger partial charge in [0, 0.05) is 31.9 Å². The van der Waals surface area contributed by atoms with Gasteiger partial charge in [0.05, 0.1) is 17.2 Å². The molecule has 0 unspecified atom stereocenters. The van der Waals surface area contributed by atoms with E-state index in [9.17, 15) is 22.8 Å². The van der Waals surface area contributed by atoms with Crippen molar-refractivity contribution >= 4 is 29.3 Å². The van der Waals surface area contributed by atoms with E-state index in [0.717, 1.165) is 12.1 Å². The molecule has 0 spiro atoms. The van der Waals surface area contributed by atoms with Crippen LogP contribution >= 0.6 is 11.8 Å². The fraction of sp³-hybridized carbons (Fsp3) is 0.500. The zero-order chi connectivity index (χ0) is 18.0. The maximum Gasteiger partial charge on any atom is 0.416 e. The van der Waals surface area contributed by atoms with Gasteiger partial charge in [0.15, 0.2) is 0 Å². The average Bonchev–Trinajstić information content (AvgIpc) is 2.99. The summed E-state index contributed by atoms with van der Waals surface area (Å²) in [5.41, 5.74) is -0.165. The van der Waals surface area contributed by atoms with Gasteiger partial charge in [-0.1, -0.05) is 6.07 Å². The molecule has 2 aliphatic heterocycles. The molecule has 0 atom stereocenters. The molecule has 25 heavy (non-hydrogen) atoms. The van der Waals surface area contributed by atoms with E-state index in [4.69, 9.17) is 0 Å². The van der Waals surface area contributed by atoms with Crippen molar-refractivity contribution < 1.29 is 22.8 Å². The van der Waals surface area contributed by atoms with E-state index in [-0.39, 0.29) is 18.4 Å². The van der Waals surface area contributed by atoms with E-state index in [1.54, 1.807) is 11.0 Å². The third kappa shape index (κ3) is 4.20. The summed E-state index contributed by atoms with van der Waals surface area (Å²) in [5.74, 6) is 0.811. The van der Waals surface area contributed by atoms with E-state index in [1.807, 2.05) is 4.90 Å². The zero-order valence-electron chi connectivity index (χ0n) is 13.5. The largest absolute Gasteiger partial charge is 0.416 e. The van der Waals surface area contributed by atoms with Crippen LogP contribution < -0.4 is 4.90 Å². The van der Waals surface area contributed by atoms with Gasteiger partial charge in [-0.15, -0.1) is 11.8 Å². The molecule has 3 rings (SSSR count). The lowest BCUT2D eigenvalue weighted by molar-refractivity contribution is -0.138. The Morgan fingerprint density at radius 2 is 1.88 bits per heavy atom. The van der Waals surface area contributed by atoms with E-state index >= 15 is 0 Å². The van der Waals surface area contributed by atoms with Crippen LogP contribution in [0.2, 0.25) is 0 Å². The summed E-state index contributed by atoms with van der Waals surface area (Å²) in [6.45, 7) is 1.88. The van der Waals surface area contributed by atoms with Gasteiger partial charge in [0.2, 0.25) is 11.8 Å². The molecule has 0 radical (unpaired) electrons. The molecule has 5 nitrogen and oxygen atoms in total. The Morgan fingerprint density at radius 1 is 1.16 bits per heavy atom. The van der Waals surface area contributed by atoms with E-state index < -0.39 is 11.7 Å². The molecule has 0 bridgehead atoms. The number of rotatable bonds is 3. The van der Waals surface area contributed by atoms with Crippen molar-refractivity contribution in [3.63, 3.8) is 0 Å². The van der Waals surface area contributed by atoms with Crippen LogP contribution in [0.25, 0.3) is 0 Å². The minimum absolute atomic E-state index is 0.0269. The number of benzene rings is 1. The number of carbonyl (C=O) groups is 2. The smallest absolute Gasteiger partial charge is 0.368 e. The molecule has 1 aromatic rings. The number of halogens is 3. The quantitative estimate of drug-likeness (QED) is 0.812. The van der Waals surface area contributed by atoms with Crippen LogP contribution in [0.5, 0.6) is 0 Å². The van der Waals surface area contributed by atoms with Gasteiger partial charge in [0.25, 0.3) is 0 Å². The van der Waals surface area contributed by atoms with Gasteiger partial charge in [0.1, 0.15) is 6.54 Å². The zero-order valence-corrected chi connectivity index (χ0v) is 14.3. The van der Waals surface area contributed by atoms with Crippen LogP contribution in [-0.2, 0) is 15.8 Å². The average molecular weight is 373 g/mol. The second-order valence-electron chi connectivity index (χ2n) is 5.99. The summed E-state index contributed by atoms with van der Waals surface area (Å²) in [6, 6.07) is 5.23. The van der Waals surface area contributed by atoms with Crippen molar-refractivity contribution in [2.45, 2.75) is 6.18 Å². The number of amides is 2. The SMILES string of the molecule is O=C(CN1CSCC1=O)N1CCN(c2cccc(C(F)(F)F)c2)CC1. The van der Waals surface area contributed by atoms with Crippen LogP contribution in [0, 0.1) is 0 Å². The van der Waals surface area contributed by atoms with Crippen LogP contribution in [0.15, 0.2) is 24.3 Å². The summed E-state index contributed by atoms with van der Waals surface area (Å²) in [5, 5.41) is 0. The molecule has 136 valence electrons. The predicted octanol–water partition coefficient (Wildman–Crippen LogP) is 1.89. The highest BCUT2D eigenvalue weighted by Gasteiger charge is 2.31. The Balaban J connectivity index is 1.56. The maximum absolute atomic E-state index is 12.8. The van der Waals surface area contributed by atoms with Gasteiger partial charge in [-0.05, 0) is 18.2 Å². The first kappa shape index (κ1) is 17.9. The highest BCUT2D eigenvalue weighted by Crippen LogP contribution is 2.31. The van der Waals surface area contributed by atoms with Gasteiger partial charge in [-0.3, -0.25) is 9.59 Å². The Labute approximate surface area is 147 Å². The normalized spacial score (nSPS) is 18.8. The Bertz CT molecular complexity index is 660. The van der Waals surface area contributed by atoms with E-state index in [2.05, 4.69) is 0 Å². The third-order valence-corrected chi connectivity index (χ3v) is 5.27. The summed E-state index contributed by atoms with van der Waals surface area (Å²) < 4.78 is 38.5. The number of anilines is 1. The molecule has 0 aromatic heterocycles. The molecule has 9 heteroatoms. The van der Waals surface area contributed by atoms with Crippen molar-refractivity contribution in [3.8, 4) is 0 Å². The number of carbonyl (C=O) groups excluding carboxylic acids is 2. The van der Waals surface area contributed by atoms with E-state index in [0.29, 0.717) is 43.5 Å². The Kier molecular flexibility index (Phi) is 5.12. The lowest BCUT2D eigenvalue weighted by Gasteiger charge is -2.36. The minimum Gasteiger partial charge on any atom is -0.368 e. The first-order valence-electron chi connectivity index (χ1n) is 7.90. The molecular weight excluding hydrogens is 355 g/mol. The van der Waals surface area contributed by atoms with Crippen LogP contribution in [-0.4, -0.2) is 66.0 Å². The van der Waals surface area contributed by atoms with Gasteiger partial charge < -0.3 is 14.7 Å². The topological polar surface area (TPSA) is 43.9 Å². The van der Waals surface area contributed by atoms with Crippen LogP contribution in [0.1, 0.15) is 5.56 Å². The van der Waals surface area contributed by atoms with Gasteiger partial charge in [-0.25, -0.2) is 0 Å². The van der Waals surface area contributed by atoms with Gasteiger partial charge in [-0.2, -0.15) is 13.2 Å². The molecule has 0 aliphatic carbocycles. The molecule has 2 aliphatic rings. The van der Waals surface area contributed by atoms with Crippen molar-refractivity contribution in [2.24, 2.45) is 0 Å². The molecular formula is C16H18F3N3O2S. The molecule has 2 heterocycles. The maximum atomic E-state index is 12.8. The number of piperazine rings is 1. The molecule has 2 saturated heterocycles. The number of hydrogen-bond donors (Lipinski definition) is 0. The van der Waals surface area contributed by atoms with Crippen LogP contribution in [0.3, 0.4) is 0 Å². The lowest BCUT2D eigenvalue weighted by atomic mass is 10.1. The number of hydrogen-bond acceptors (Lipinski definition) is 4. The summed E-state index contributed by atoms with van der Waals surface area (Å²) in [4.78, 5) is 28.9. The molecule has 2 fully saturated rings.